The first-order chi connectivity index (χ1) is 12.2. The van der Waals surface area contributed by atoms with Crippen molar-refractivity contribution in [3.05, 3.63) is 65.0 Å². The highest BCUT2D eigenvalue weighted by molar-refractivity contribution is 7.14. The predicted octanol–water partition coefficient (Wildman–Crippen LogP) is 4.45. The molecule has 0 atom stereocenters. The van der Waals surface area contributed by atoms with E-state index in [0.29, 0.717) is 0 Å². The minimum Gasteiger partial charge on any atom is -0.326 e. The van der Waals surface area contributed by atoms with Crippen molar-refractivity contribution < 1.29 is 0 Å². The molecule has 2 aromatic carbocycles. The number of aromatic nitrogens is 3. The number of anilines is 1. The number of thiazole rings is 1. The van der Waals surface area contributed by atoms with Gasteiger partial charge in [0.1, 0.15) is 5.69 Å². The van der Waals surface area contributed by atoms with Crippen LogP contribution in [0, 0.1) is 6.92 Å². The van der Waals surface area contributed by atoms with Gasteiger partial charge in [-0.2, -0.15) is 5.10 Å². The third-order valence-electron chi connectivity index (χ3n) is 3.97. The number of nitrogens with zero attached hydrogens (tertiary/aromatic N) is 4. The maximum atomic E-state index is 4.67. The summed E-state index contributed by atoms with van der Waals surface area (Å²) >= 11 is 1.51. The quantitative estimate of drug-likeness (QED) is 0.438. The molecule has 0 aliphatic rings. The van der Waals surface area contributed by atoms with Crippen LogP contribution >= 0.6 is 11.3 Å². The fraction of sp³-hybridized carbons (Fsp3) is 0.105. The molecule has 6 heteroatoms. The number of aryl methyl sites for hydroxylation is 2. The number of benzene rings is 2. The van der Waals surface area contributed by atoms with Gasteiger partial charge in [-0.25, -0.2) is 9.97 Å². The molecule has 0 aliphatic carbocycles. The molecule has 1 N–H and O–H groups in total. The molecule has 5 nitrogen and oxygen atoms in total. The second-order valence-electron chi connectivity index (χ2n) is 5.80. The molecule has 0 bridgehead atoms. The molecule has 2 heterocycles. The lowest BCUT2D eigenvalue weighted by Gasteiger charge is -1.98. The van der Waals surface area contributed by atoms with Gasteiger partial charge in [-0.3, -0.25) is 5.43 Å². The number of rotatable bonds is 4. The fourth-order valence-corrected chi connectivity index (χ4v) is 3.25. The van der Waals surface area contributed by atoms with Crippen LogP contribution in [0.4, 0.5) is 5.13 Å². The first kappa shape index (κ1) is 15.5. The molecular weight excluding hydrogens is 330 g/mol. The van der Waals surface area contributed by atoms with Gasteiger partial charge >= 0.3 is 0 Å². The molecule has 0 spiro atoms. The zero-order chi connectivity index (χ0) is 17.2. The van der Waals surface area contributed by atoms with Gasteiger partial charge in [0.15, 0.2) is 5.82 Å². The molecule has 0 radical (unpaired) electrons. The minimum absolute atomic E-state index is 0.741. The van der Waals surface area contributed by atoms with Gasteiger partial charge in [-0.05, 0) is 24.6 Å². The molecule has 0 amide bonds. The number of hydrazone groups is 1. The van der Waals surface area contributed by atoms with E-state index < -0.39 is 0 Å². The highest BCUT2D eigenvalue weighted by atomic mass is 32.1. The summed E-state index contributed by atoms with van der Waals surface area (Å²) < 4.78 is 2.06. The molecule has 124 valence electrons. The van der Waals surface area contributed by atoms with Crippen LogP contribution in [0.5, 0.6) is 0 Å². The van der Waals surface area contributed by atoms with E-state index in [9.17, 15) is 0 Å². The van der Waals surface area contributed by atoms with Crippen molar-refractivity contribution in [1.82, 2.24) is 14.5 Å². The van der Waals surface area contributed by atoms with E-state index in [2.05, 4.69) is 50.2 Å². The predicted molar refractivity (Wildman–Crippen MR) is 104 cm³/mol. The topological polar surface area (TPSA) is 55.1 Å². The van der Waals surface area contributed by atoms with E-state index in [4.69, 9.17) is 0 Å². The van der Waals surface area contributed by atoms with Crippen LogP contribution in [0.1, 0.15) is 11.1 Å². The standard InChI is InChI=1S/C19H17N5S/c1-13-7-9-14(10-8-13)11-20-23-19-22-16(12-25-19)18-21-15-5-3-4-6-17(15)24(18)2/h3-12H,1-2H3,(H,22,23)/b20-11-. The summed E-state index contributed by atoms with van der Waals surface area (Å²) in [7, 11) is 2.01. The Kier molecular flexibility index (Phi) is 4.03. The summed E-state index contributed by atoms with van der Waals surface area (Å²) in [4.78, 5) is 9.27. The Hall–Kier alpha value is -2.99. The van der Waals surface area contributed by atoms with Crippen LogP contribution in [0.2, 0.25) is 0 Å². The number of hydrogen-bond donors (Lipinski definition) is 1. The number of fused-ring (bicyclic) bond motifs is 1. The van der Waals surface area contributed by atoms with E-state index in [0.717, 1.165) is 33.2 Å². The third-order valence-corrected chi connectivity index (χ3v) is 4.72. The van der Waals surface area contributed by atoms with Crippen molar-refractivity contribution in [3.63, 3.8) is 0 Å². The van der Waals surface area contributed by atoms with E-state index in [1.807, 2.05) is 42.8 Å². The number of para-hydroxylation sites is 2. The largest absolute Gasteiger partial charge is 0.326 e. The van der Waals surface area contributed by atoms with Gasteiger partial charge in [0.25, 0.3) is 0 Å². The molecule has 4 aromatic rings. The van der Waals surface area contributed by atoms with Gasteiger partial charge in [-0.1, -0.05) is 42.0 Å². The van der Waals surface area contributed by atoms with Gasteiger partial charge in [-0.15, -0.1) is 11.3 Å². The third kappa shape index (κ3) is 3.16. The lowest BCUT2D eigenvalue weighted by atomic mass is 10.2. The fourth-order valence-electron chi connectivity index (χ4n) is 2.62. The van der Waals surface area contributed by atoms with Crippen LogP contribution in [0.25, 0.3) is 22.6 Å². The first-order valence-corrected chi connectivity index (χ1v) is 8.82. The summed E-state index contributed by atoms with van der Waals surface area (Å²) in [6, 6.07) is 16.3. The van der Waals surface area contributed by atoms with E-state index in [-0.39, 0.29) is 0 Å². The molecule has 4 rings (SSSR count). The Morgan fingerprint density at radius 1 is 1.08 bits per heavy atom. The smallest absolute Gasteiger partial charge is 0.203 e. The second-order valence-corrected chi connectivity index (χ2v) is 6.66. The number of imidazole rings is 1. The van der Waals surface area contributed by atoms with Gasteiger partial charge in [0.05, 0.1) is 17.2 Å². The van der Waals surface area contributed by atoms with Crippen LogP contribution in [0.15, 0.2) is 59.0 Å². The zero-order valence-electron chi connectivity index (χ0n) is 14.0. The first-order valence-electron chi connectivity index (χ1n) is 7.94. The molecule has 25 heavy (non-hydrogen) atoms. The lowest BCUT2D eigenvalue weighted by Crippen LogP contribution is -1.94. The lowest BCUT2D eigenvalue weighted by molar-refractivity contribution is 0.953. The maximum Gasteiger partial charge on any atom is 0.203 e. The molecule has 0 saturated carbocycles. The molecule has 0 unspecified atom stereocenters. The van der Waals surface area contributed by atoms with Crippen molar-refractivity contribution in [1.29, 1.82) is 0 Å². The van der Waals surface area contributed by atoms with Crippen LogP contribution < -0.4 is 5.43 Å². The Bertz CT molecular complexity index is 1040. The monoisotopic (exact) mass is 347 g/mol. The van der Waals surface area contributed by atoms with E-state index in [1.54, 1.807) is 6.21 Å². The number of hydrogen-bond acceptors (Lipinski definition) is 5. The van der Waals surface area contributed by atoms with Gasteiger partial charge in [0, 0.05) is 12.4 Å². The van der Waals surface area contributed by atoms with Crippen molar-refractivity contribution >= 4 is 33.7 Å². The summed E-state index contributed by atoms with van der Waals surface area (Å²) in [6.45, 7) is 2.07. The SMILES string of the molecule is Cc1ccc(/C=N\Nc2nc(-c3nc4ccccc4n3C)cs2)cc1. The highest BCUT2D eigenvalue weighted by Gasteiger charge is 2.12. The Labute approximate surface area is 149 Å². The van der Waals surface area contributed by atoms with Crippen molar-refractivity contribution in [2.75, 3.05) is 5.43 Å². The molecule has 0 saturated heterocycles. The average Bonchev–Trinajstić information content (AvgIpc) is 3.22. The maximum absolute atomic E-state index is 4.67. The number of nitrogens with one attached hydrogen (secondary N) is 1. The van der Waals surface area contributed by atoms with Crippen LogP contribution in [-0.2, 0) is 7.05 Å². The van der Waals surface area contributed by atoms with Crippen molar-refractivity contribution in [2.24, 2.45) is 12.1 Å². The van der Waals surface area contributed by atoms with Crippen LogP contribution in [-0.4, -0.2) is 20.7 Å². The second kappa shape index (κ2) is 6.49. The Balaban J connectivity index is 1.53. The summed E-state index contributed by atoms with van der Waals surface area (Å²) in [6.07, 6.45) is 1.79. The minimum atomic E-state index is 0.741. The van der Waals surface area contributed by atoms with Crippen molar-refractivity contribution in [2.45, 2.75) is 6.92 Å². The highest BCUT2D eigenvalue weighted by Crippen LogP contribution is 2.26. The molecule has 0 aliphatic heterocycles. The van der Waals surface area contributed by atoms with Crippen LogP contribution in [0.3, 0.4) is 0 Å². The Morgan fingerprint density at radius 2 is 1.88 bits per heavy atom. The average molecular weight is 347 g/mol. The zero-order valence-corrected chi connectivity index (χ0v) is 14.8. The molecule has 0 fully saturated rings. The Morgan fingerprint density at radius 3 is 2.68 bits per heavy atom. The van der Waals surface area contributed by atoms with Crippen molar-refractivity contribution in [3.8, 4) is 11.5 Å². The van der Waals surface area contributed by atoms with Gasteiger partial charge < -0.3 is 4.57 Å². The summed E-state index contributed by atoms with van der Waals surface area (Å²) in [5.74, 6) is 0.855. The normalized spacial score (nSPS) is 11.4. The molecular formula is C19H17N5S. The van der Waals surface area contributed by atoms with Gasteiger partial charge in [0.2, 0.25) is 5.13 Å². The summed E-state index contributed by atoms with van der Waals surface area (Å²) in [5.41, 5.74) is 8.18. The summed E-state index contributed by atoms with van der Waals surface area (Å²) in [5, 5.41) is 6.99. The van der Waals surface area contributed by atoms with E-state index in [1.165, 1.54) is 16.9 Å². The molecule has 2 aromatic heterocycles. The van der Waals surface area contributed by atoms with E-state index >= 15 is 0 Å².